The van der Waals surface area contributed by atoms with E-state index in [4.69, 9.17) is 51.2 Å². The van der Waals surface area contributed by atoms with Crippen molar-refractivity contribution in [1.29, 1.82) is 0 Å². The minimum absolute atomic E-state index is 0.130. The predicted octanol–water partition coefficient (Wildman–Crippen LogP) is 6.33. The lowest BCUT2D eigenvalue weighted by Gasteiger charge is -2.37. The largest absolute Gasteiger partial charge is 0.746 e. The molecule has 13 nitrogen and oxygen atoms in total. The Kier molecular flexibility index (Phi) is 16.0. The number of benzene rings is 4. The van der Waals surface area contributed by atoms with Gasteiger partial charge >= 0.3 is 13.5 Å². The molecule has 1 aliphatic heterocycles. The lowest BCUT2D eigenvalue weighted by molar-refractivity contribution is -0.894. The zero-order valence-corrected chi connectivity index (χ0v) is 36.2. The Hall–Kier alpha value is -4.43. The third kappa shape index (κ3) is 11.4. The van der Waals surface area contributed by atoms with E-state index in [9.17, 15) is 19.0 Å². The molecular formula is C43H50Cl2N3O10P. The third-order valence-corrected chi connectivity index (χ3v) is 11.5. The molecule has 1 aromatic heterocycles. The van der Waals surface area contributed by atoms with Crippen molar-refractivity contribution in [3.8, 4) is 17.2 Å². The summed E-state index contributed by atoms with van der Waals surface area (Å²) in [5.74, 6) is 1.10. The Bertz CT molecular complexity index is 2210. The van der Waals surface area contributed by atoms with Crippen LogP contribution in [0.25, 0.3) is 0 Å². The van der Waals surface area contributed by atoms with Crippen molar-refractivity contribution in [3.05, 3.63) is 156 Å². The van der Waals surface area contributed by atoms with Crippen LogP contribution in [0.2, 0.25) is 10.0 Å². The van der Waals surface area contributed by atoms with Gasteiger partial charge in [-0.2, -0.15) is 0 Å². The number of nitrogens with one attached hydrogen (secondary N) is 2. The Balaban J connectivity index is 0.000000867. The maximum Gasteiger partial charge on any atom is 0.330 e. The van der Waals surface area contributed by atoms with Gasteiger partial charge in [-0.05, 0) is 86.8 Å². The van der Waals surface area contributed by atoms with Crippen LogP contribution in [0.1, 0.15) is 55.7 Å². The molecule has 0 saturated carbocycles. The number of aryl methyl sites for hydroxylation is 1. The van der Waals surface area contributed by atoms with Crippen molar-refractivity contribution < 1.29 is 42.4 Å². The van der Waals surface area contributed by atoms with Crippen LogP contribution in [0.3, 0.4) is 0 Å². The highest BCUT2D eigenvalue weighted by Gasteiger charge is 2.44. The van der Waals surface area contributed by atoms with E-state index in [1.165, 1.54) is 55.5 Å². The molecular weight excluding hydrogens is 820 g/mol. The van der Waals surface area contributed by atoms with Gasteiger partial charge in [-0.1, -0.05) is 77.8 Å². The molecule has 5 aromatic rings. The number of methoxy groups -OCH3 is 2. The first-order valence-electron chi connectivity index (χ1n) is 19.2. The second kappa shape index (κ2) is 20.7. The van der Waals surface area contributed by atoms with Crippen molar-refractivity contribution in [2.45, 2.75) is 58.2 Å². The molecule has 0 amide bonds. The summed E-state index contributed by atoms with van der Waals surface area (Å²) >= 11 is 12.1. The number of hydrogen-bond donors (Lipinski definition) is 2. The van der Waals surface area contributed by atoms with Gasteiger partial charge in [0.2, 0.25) is 0 Å². The van der Waals surface area contributed by atoms with E-state index in [1.54, 1.807) is 19.1 Å². The first-order chi connectivity index (χ1) is 28.2. The van der Waals surface area contributed by atoms with E-state index < -0.39 is 43.1 Å². The van der Waals surface area contributed by atoms with Crippen LogP contribution in [0.5, 0.6) is 17.2 Å². The van der Waals surface area contributed by atoms with Crippen molar-refractivity contribution >= 4 is 31.0 Å². The standard InChI is InChI=1S/C37H35Cl2N2O10P.C6H15N/c1-23-21-41(36(43)40-35(23)42)34-20-32(51-52(44,45)50-31-18-27(38)17-28(39)19-31)33(49-34)22-48-37(24-7-5-4-6-8-24,25-9-13-29(46-2)14-10-25)26-11-15-30(47-3)16-12-26;1-4-7(5-2)6-3/h4-19,21,32-34H,20,22H2,1-3H3,(H,44,45)(H,40,42,43);4-6H2,1-3H3/t32-,33+,34+;/m0./s1. The molecule has 59 heavy (non-hydrogen) atoms. The van der Waals surface area contributed by atoms with Crippen molar-refractivity contribution in [1.82, 2.24) is 9.55 Å². The number of halogens is 2. The molecule has 2 heterocycles. The first-order valence-corrected chi connectivity index (χ1v) is 21.4. The maximum absolute atomic E-state index is 13.4. The highest BCUT2D eigenvalue weighted by Crippen LogP contribution is 2.47. The highest BCUT2D eigenvalue weighted by atomic mass is 35.5. The normalized spacial score (nSPS) is 17.5. The summed E-state index contributed by atoms with van der Waals surface area (Å²) in [6.45, 7) is 11.8. The van der Waals surface area contributed by atoms with Gasteiger partial charge in [0.15, 0.2) is 0 Å². The third-order valence-electron chi connectivity index (χ3n) is 10.1. The Morgan fingerprint density at radius 3 is 1.85 bits per heavy atom. The van der Waals surface area contributed by atoms with Crippen molar-refractivity contribution in [2.75, 3.05) is 40.5 Å². The average Bonchev–Trinajstić information content (AvgIpc) is 3.61. The van der Waals surface area contributed by atoms with Crippen LogP contribution in [-0.4, -0.2) is 62.2 Å². The summed E-state index contributed by atoms with van der Waals surface area (Å²) in [5.41, 5.74) is -0.146. The number of phosphoric ester groups is 1. The molecule has 1 fully saturated rings. The lowest BCUT2D eigenvalue weighted by atomic mass is 9.80. The number of ether oxygens (including phenoxy) is 4. The summed E-state index contributed by atoms with van der Waals surface area (Å²) in [7, 11) is -1.98. The second-order valence-corrected chi connectivity index (χ2v) is 15.9. The molecule has 4 atom stereocenters. The van der Waals surface area contributed by atoms with Gasteiger partial charge in [0.1, 0.15) is 35.2 Å². The second-order valence-electron chi connectivity index (χ2n) is 13.8. The number of nitrogens with zero attached hydrogens (tertiary/aromatic N) is 1. The minimum atomic E-state index is -5.12. The molecule has 0 bridgehead atoms. The Morgan fingerprint density at radius 1 is 0.831 bits per heavy atom. The average molecular weight is 871 g/mol. The highest BCUT2D eigenvalue weighted by molar-refractivity contribution is 7.46. The van der Waals surface area contributed by atoms with E-state index in [0.717, 1.165) is 16.7 Å². The van der Waals surface area contributed by atoms with E-state index in [0.29, 0.717) is 11.5 Å². The van der Waals surface area contributed by atoms with Gasteiger partial charge in [-0.15, -0.1) is 0 Å². The number of hydrogen-bond acceptors (Lipinski definition) is 10. The minimum Gasteiger partial charge on any atom is -0.746 e. The number of rotatable bonds is 16. The van der Waals surface area contributed by atoms with E-state index in [2.05, 4.69) is 25.8 Å². The zero-order chi connectivity index (χ0) is 42.7. The van der Waals surface area contributed by atoms with Crippen LogP contribution < -0.4 is 35.0 Å². The molecule has 4 aromatic carbocycles. The summed E-state index contributed by atoms with van der Waals surface area (Å²) in [4.78, 5) is 42.4. The zero-order valence-electron chi connectivity index (χ0n) is 33.8. The quantitative estimate of drug-likeness (QED) is 0.0850. The van der Waals surface area contributed by atoms with Crippen molar-refractivity contribution in [3.63, 3.8) is 0 Å². The summed E-state index contributed by atoms with van der Waals surface area (Å²) < 4.78 is 49.6. The van der Waals surface area contributed by atoms with Gasteiger partial charge in [0.05, 0.1) is 46.6 Å². The molecule has 1 saturated heterocycles. The Morgan fingerprint density at radius 2 is 1.36 bits per heavy atom. The van der Waals surface area contributed by atoms with Gasteiger partial charge < -0.3 is 37.8 Å². The fourth-order valence-electron chi connectivity index (χ4n) is 6.86. The molecule has 316 valence electrons. The van der Waals surface area contributed by atoms with E-state index in [-0.39, 0.29) is 34.4 Å². The van der Waals surface area contributed by atoms with Crippen LogP contribution in [0.4, 0.5) is 0 Å². The molecule has 6 rings (SSSR count). The molecule has 0 aliphatic carbocycles. The molecule has 2 N–H and O–H groups in total. The number of H-pyrrole nitrogens is 1. The molecule has 0 radical (unpaired) electrons. The molecule has 0 spiro atoms. The fourth-order valence-corrected chi connectivity index (χ4v) is 8.33. The topological polar surface area (TPSA) is 155 Å². The number of aromatic amines is 1. The van der Waals surface area contributed by atoms with Crippen molar-refractivity contribution in [2.24, 2.45) is 0 Å². The summed E-state index contributed by atoms with van der Waals surface area (Å²) in [5, 5.41) is 0.306. The summed E-state index contributed by atoms with van der Waals surface area (Å²) in [6.07, 6.45) is -2.14. The van der Waals surface area contributed by atoms with Gasteiger partial charge in [0.25, 0.3) is 5.56 Å². The molecule has 1 unspecified atom stereocenters. The fraction of sp³-hybridized carbons (Fsp3) is 0.349. The molecule has 16 heteroatoms. The lowest BCUT2D eigenvalue weighted by Crippen LogP contribution is -3.11. The van der Waals surface area contributed by atoms with Gasteiger partial charge in [0, 0.05) is 28.2 Å². The van der Waals surface area contributed by atoms with E-state index >= 15 is 0 Å². The van der Waals surface area contributed by atoms with Gasteiger partial charge in [-0.3, -0.25) is 18.9 Å². The summed E-state index contributed by atoms with van der Waals surface area (Å²) in [6, 6.07) is 28.2. The monoisotopic (exact) mass is 869 g/mol. The predicted molar refractivity (Wildman–Crippen MR) is 225 cm³/mol. The van der Waals surface area contributed by atoms with Gasteiger partial charge in [-0.25, -0.2) is 4.79 Å². The maximum atomic E-state index is 13.4. The Labute approximate surface area is 353 Å². The van der Waals surface area contributed by atoms with Crippen LogP contribution in [0.15, 0.2) is 113 Å². The number of phosphoric acid groups is 1. The number of quaternary nitrogens is 1. The first kappa shape index (κ1) is 45.7. The van der Waals surface area contributed by atoms with E-state index in [1.807, 2.05) is 78.9 Å². The SMILES string of the molecule is CC[NH+](CC)CC.COc1ccc(C(OC[C@H]2O[C@@H](n3cc(C)c(=O)[nH]c3=O)C[C@@H]2OP(=O)([O-])Oc2cc(Cl)cc(Cl)c2)(c2ccccc2)c2ccc(OC)cc2)cc1. The number of aromatic nitrogens is 2. The smallest absolute Gasteiger partial charge is 0.330 e. The van der Waals surface area contributed by atoms with Crippen LogP contribution in [0, 0.1) is 6.92 Å². The van der Waals surface area contributed by atoms with Crippen LogP contribution in [-0.2, 0) is 24.2 Å². The molecule has 1 aliphatic rings. The van der Waals surface area contributed by atoms with Crippen LogP contribution >= 0.6 is 31.0 Å².